The first-order valence-corrected chi connectivity index (χ1v) is 22.4. The molecule has 0 aliphatic rings. The Hall–Kier alpha value is -4.90. The molecule has 22 nitrogen and oxygen atoms in total. The van der Waals surface area contributed by atoms with Crippen LogP contribution in [-0.4, -0.2) is 82.3 Å². The van der Waals surface area contributed by atoms with Gasteiger partial charge in [0.15, 0.2) is 0 Å². The molecule has 2 heterocycles. The van der Waals surface area contributed by atoms with Crippen molar-refractivity contribution < 1.29 is 107 Å². The molecule has 0 saturated carbocycles. The molecule has 0 atom stereocenters. The number of hydrogen-bond donors (Lipinski definition) is 6. The van der Waals surface area contributed by atoms with Gasteiger partial charge >= 0.3 is 59.1 Å². The maximum atomic E-state index is 12.7. The molecule has 0 radical (unpaired) electrons. The van der Waals surface area contributed by atoms with E-state index in [9.17, 15) is 25.9 Å². The van der Waals surface area contributed by atoms with Crippen LogP contribution >= 0.6 is 0 Å². The molecule has 6 N–H and O–H groups in total. The van der Waals surface area contributed by atoms with E-state index in [1.54, 1.807) is 52.0 Å². The van der Waals surface area contributed by atoms with Gasteiger partial charge in [-0.2, -0.15) is 46.7 Å². The van der Waals surface area contributed by atoms with E-state index in [1.807, 2.05) is 36.4 Å². The second kappa shape index (κ2) is 25.3. The fraction of sp³-hybridized carbons (Fsp3) is 0.200. The molecule has 0 unspecified atom stereocenters. The average molecular weight is 965 g/mol. The van der Waals surface area contributed by atoms with Gasteiger partial charge in [-0.15, -0.1) is 0 Å². The molecule has 0 saturated heterocycles. The third-order valence-electron chi connectivity index (χ3n) is 8.16. The predicted octanol–water partition coefficient (Wildman–Crippen LogP) is 1.35. The van der Waals surface area contributed by atoms with Crippen molar-refractivity contribution in [3.8, 4) is 0 Å². The van der Waals surface area contributed by atoms with Crippen LogP contribution in [0.25, 0.3) is 12.2 Å². The van der Waals surface area contributed by atoms with Crippen molar-refractivity contribution in [2.45, 2.75) is 37.5 Å². The first-order chi connectivity index (χ1) is 30.8. The van der Waals surface area contributed by atoms with Crippen molar-refractivity contribution in [3.05, 3.63) is 108 Å². The summed E-state index contributed by atoms with van der Waals surface area (Å²) in [6, 6.07) is 26.0. The first-order valence-electron chi connectivity index (χ1n) is 19.5. The third kappa shape index (κ3) is 15.3. The molecule has 340 valence electrons. The molecule has 2 aromatic heterocycles. The van der Waals surface area contributed by atoms with Gasteiger partial charge in [-0.25, -0.2) is 19.4 Å². The second-order valence-electron chi connectivity index (χ2n) is 12.8. The molecular formula is C40H46N12Na2O10S2. The van der Waals surface area contributed by atoms with Crippen molar-refractivity contribution in [1.82, 2.24) is 29.9 Å². The molecule has 0 aliphatic heterocycles. The second-order valence-corrected chi connectivity index (χ2v) is 15.6. The SMILES string of the molecule is CCON(OCC)c1nc(Nc2ccccc2)nc(Nc2ccc(C=Cc3ccc(Nc4nc(Nc5ccccc5)nc(N(OCC)OCC)n4)cc3S(=O)(=O)O)c(S(=O)(=O)O)c2)n1.[H-].[H-].[Na+].[Na+]. The molecule has 0 aliphatic carbocycles. The number of para-hydroxylation sites is 2. The maximum Gasteiger partial charge on any atom is 1.00 e. The first kappa shape index (κ1) is 53.7. The van der Waals surface area contributed by atoms with E-state index in [-0.39, 0.29) is 147 Å². The van der Waals surface area contributed by atoms with Crippen molar-refractivity contribution in [2.24, 2.45) is 0 Å². The number of aromatic nitrogens is 6. The molecule has 0 amide bonds. The van der Waals surface area contributed by atoms with E-state index in [0.29, 0.717) is 11.4 Å². The van der Waals surface area contributed by atoms with Crippen LogP contribution in [0, 0.1) is 0 Å². The Kier molecular flexibility index (Phi) is 20.6. The van der Waals surface area contributed by atoms with Gasteiger partial charge in [-0.1, -0.05) is 71.1 Å². The zero-order chi connectivity index (χ0) is 45.7. The van der Waals surface area contributed by atoms with Crippen LogP contribution in [0.3, 0.4) is 0 Å². The maximum absolute atomic E-state index is 12.7. The van der Waals surface area contributed by atoms with Gasteiger partial charge in [-0.3, -0.25) is 9.11 Å². The van der Waals surface area contributed by atoms with Gasteiger partial charge in [0.2, 0.25) is 23.8 Å². The standard InChI is InChI=1S/C40H44N12O10S2.2Na.2H/c1-5-59-51(60-6-2)39-47-35(41-29-15-11-9-12-16-29)45-37(49-39)43-31-23-21-27(33(25-31)63(53,54)55)19-20-28-22-24-32(26-34(28)64(56,57)58)44-38-46-36(42-30-17-13-10-14-18-30)48-40(50-38)52(61-7-3)62-8-4;;;;/h9-26H,5-8H2,1-4H3,(H,53,54,55)(H,56,57,58)(H2,41,43,45,47,49)(H2,42,44,46,48,50);;;;/q;2*+1;2*-1. The Balaban J connectivity index is 0.00000397. The normalized spacial score (nSPS) is 11.3. The minimum atomic E-state index is -4.89. The molecule has 4 aromatic carbocycles. The summed E-state index contributed by atoms with van der Waals surface area (Å²) < 4.78 is 71.6. The van der Waals surface area contributed by atoms with Gasteiger partial charge in [0.25, 0.3) is 32.1 Å². The van der Waals surface area contributed by atoms with Gasteiger partial charge in [-0.05, 0) is 87.4 Å². The van der Waals surface area contributed by atoms with E-state index < -0.39 is 30.0 Å². The largest absolute Gasteiger partial charge is 1.00 e. The van der Waals surface area contributed by atoms with Gasteiger partial charge in [0, 0.05) is 22.7 Å². The molecular weight excluding hydrogens is 919 g/mol. The van der Waals surface area contributed by atoms with Crippen molar-refractivity contribution >= 4 is 90.8 Å². The van der Waals surface area contributed by atoms with Crippen LogP contribution in [0.15, 0.2) is 107 Å². The smallest absolute Gasteiger partial charge is 1.00 e. The van der Waals surface area contributed by atoms with Crippen LogP contribution in [0.1, 0.15) is 41.7 Å². The van der Waals surface area contributed by atoms with Crippen molar-refractivity contribution in [1.29, 1.82) is 0 Å². The summed E-state index contributed by atoms with van der Waals surface area (Å²) >= 11 is 0. The summed E-state index contributed by atoms with van der Waals surface area (Å²) in [7, 11) is -9.77. The van der Waals surface area contributed by atoms with Crippen LogP contribution in [0.4, 0.5) is 58.4 Å². The minimum absolute atomic E-state index is 0. The monoisotopic (exact) mass is 964 g/mol. The topological polar surface area (TPSA) is 278 Å². The number of rotatable bonds is 22. The van der Waals surface area contributed by atoms with E-state index in [0.717, 1.165) is 22.6 Å². The molecule has 0 bridgehead atoms. The Labute approximate surface area is 428 Å². The molecule has 0 spiro atoms. The summed E-state index contributed by atoms with van der Waals surface area (Å²) in [6.07, 6.45) is 2.51. The zero-order valence-electron chi connectivity index (χ0n) is 38.8. The minimum Gasteiger partial charge on any atom is -1.00 e. The fourth-order valence-electron chi connectivity index (χ4n) is 5.58. The molecule has 66 heavy (non-hydrogen) atoms. The van der Waals surface area contributed by atoms with E-state index in [4.69, 9.17) is 19.4 Å². The zero-order valence-corrected chi connectivity index (χ0v) is 42.4. The Morgan fingerprint density at radius 2 is 0.788 bits per heavy atom. The number of nitrogens with one attached hydrogen (secondary N) is 4. The van der Waals surface area contributed by atoms with E-state index >= 15 is 0 Å². The number of benzene rings is 4. The summed E-state index contributed by atoms with van der Waals surface area (Å²) in [5, 5.41) is 14.0. The van der Waals surface area contributed by atoms with Gasteiger partial charge in [0.1, 0.15) is 9.79 Å². The quantitative estimate of drug-likeness (QED) is 0.0242. The summed E-state index contributed by atoms with van der Waals surface area (Å²) in [6.45, 7) is 7.85. The Morgan fingerprint density at radius 3 is 1.08 bits per heavy atom. The van der Waals surface area contributed by atoms with Crippen LogP contribution in [0.2, 0.25) is 0 Å². The third-order valence-corrected chi connectivity index (χ3v) is 9.98. The van der Waals surface area contributed by atoms with Crippen LogP contribution < -0.4 is 90.8 Å². The number of anilines is 10. The average Bonchev–Trinajstić information content (AvgIpc) is 3.26. The Bertz CT molecular complexity index is 2600. The van der Waals surface area contributed by atoms with Gasteiger partial charge < -0.3 is 24.1 Å². The Morgan fingerprint density at radius 1 is 0.485 bits per heavy atom. The van der Waals surface area contributed by atoms with Crippen molar-refractivity contribution in [2.75, 3.05) is 58.1 Å². The molecule has 6 rings (SSSR count). The predicted molar refractivity (Wildman–Crippen MR) is 241 cm³/mol. The number of hydrogen-bond acceptors (Lipinski definition) is 20. The molecule has 26 heteroatoms. The number of nitrogens with zero attached hydrogens (tertiary/aromatic N) is 8. The molecule has 0 fully saturated rings. The van der Waals surface area contributed by atoms with Crippen LogP contribution in [-0.2, 0) is 39.6 Å². The molecule has 6 aromatic rings. The summed E-state index contributed by atoms with van der Waals surface area (Å²) in [4.78, 5) is 47.4. The summed E-state index contributed by atoms with van der Waals surface area (Å²) in [5.41, 5.74) is 1.51. The van der Waals surface area contributed by atoms with Crippen molar-refractivity contribution in [3.63, 3.8) is 0 Å². The fourth-order valence-corrected chi connectivity index (χ4v) is 7.00. The van der Waals surface area contributed by atoms with E-state index in [2.05, 4.69) is 51.2 Å². The van der Waals surface area contributed by atoms with Crippen LogP contribution in [0.5, 0.6) is 0 Å². The van der Waals surface area contributed by atoms with E-state index in [1.165, 1.54) is 36.4 Å². The summed E-state index contributed by atoms with van der Waals surface area (Å²) in [5.74, 6) is -0.00780. The van der Waals surface area contributed by atoms with Gasteiger partial charge in [0.05, 0.1) is 26.4 Å².